The molecule has 1 heterocycles. The summed E-state index contributed by atoms with van der Waals surface area (Å²) in [7, 11) is 0. The highest BCUT2D eigenvalue weighted by atomic mass is 14.6. The third kappa shape index (κ3) is 3.17. The zero-order valence-corrected chi connectivity index (χ0v) is 11.1. The molecule has 2 N–H and O–H groups in total. The number of hydrogen-bond donors (Lipinski definition) is 1. The fourth-order valence-corrected chi connectivity index (χ4v) is 2.18. The summed E-state index contributed by atoms with van der Waals surface area (Å²) in [4.78, 5) is 4.13. The summed E-state index contributed by atoms with van der Waals surface area (Å²) >= 11 is 0. The van der Waals surface area contributed by atoms with Gasteiger partial charge in [-0.2, -0.15) is 0 Å². The molecule has 0 bridgehead atoms. The molecule has 0 fully saturated rings. The SMILES string of the molecule is Cc1ccc(C)c(C(N)CCc2cccnc2)c1. The Kier molecular flexibility index (Phi) is 4.11. The topological polar surface area (TPSA) is 38.9 Å². The highest BCUT2D eigenvalue weighted by Crippen LogP contribution is 2.21. The van der Waals surface area contributed by atoms with Crippen LogP contribution in [0.4, 0.5) is 0 Å². The predicted molar refractivity (Wildman–Crippen MR) is 75.4 cm³/mol. The summed E-state index contributed by atoms with van der Waals surface area (Å²) in [6.45, 7) is 4.23. The van der Waals surface area contributed by atoms with E-state index < -0.39 is 0 Å². The lowest BCUT2D eigenvalue weighted by atomic mass is 9.95. The maximum absolute atomic E-state index is 6.29. The van der Waals surface area contributed by atoms with Crippen molar-refractivity contribution in [1.29, 1.82) is 0 Å². The van der Waals surface area contributed by atoms with Crippen LogP contribution in [0.2, 0.25) is 0 Å². The van der Waals surface area contributed by atoms with Crippen LogP contribution < -0.4 is 5.73 Å². The second-order valence-corrected chi connectivity index (χ2v) is 4.87. The van der Waals surface area contributed by atoms with Gasteiger partial charge in [0.2, 0.25) is 0 Å². The Morgan fingerprint density at radius 2 is 2.06 bits per heavy atom. The van der Waals surface area contributed by atoms with E-state index in [1.165, 1.54) is 22.3 Å². The first-order chi connectivity index (χ1) is 8.66. The second kappa shape index (κ2) is 5.78. The van der Waals surface area contributed by atoms with Gasteiger partial charge in [-0.05, 0) is 49.4 Å². The summed E-state index contributed by atoms with van der Waals surface area (Å²) < 4.78 is 0. The lowest BCUT2D eigenvalue weighted by Gasteiger charge is -2.15. The van der Waals surface area contributed by atoms with Gasteiger partial charge in [-0.3, -0.25) is 4.98 Å². The Bertz CT molecular complexity index is 506. The molecule has 0 saturated heterocycles. The maximum atomic E-state index is 6.29. The molecule has 0 aliphatic rings. The summed E-state index contributed by atoms with van der Waals surface area (Å²) in [5.41, 5.74) is 11.4. The molecule has 1 unspecified atom stereocenters. The summed E-state index contributed by atoms with van der Waals surface area (Å²) in [6.07, 6.45) is 5.64. The average molecular weight is 240 g/mol. The third-order valence-electron chi connectivity index (χ3n) is 3.30. The summed E-state index contributed by atoms with van der Waals surface area (Å²) in [6, 6.07) is 10.6. The zero-order valence-electron chi connectivity index (χ0n) is 11.1. The maximum Gasteiger partial charge on any atom is 0.0300 e. The smallest absolute Gasteiger partial charge is 0.0300 e. The van der Waals surface area contributed by atoms with E-state index in [0.29, 0.717) is 0 Å². The van der Waals surface area contributed by atoms with Crippen LogP contribution in [-0.2, 0) is 6.42 Å². The number of rotatable bonds is 4. The molecule has 94 valence electrons. The van der Waals surface area contributed by atoms with Crippen molar-refractivity contribution in [2.24, 2.45) is 5.73 Å². The third-order valence-corrected chi connectivity index (χ3v) is 3.30. The molecule has 2 rings (SSSR count). The Labute approximate surface area is 109 Å². The van der Waals surface area contributed by atoms with Crippen LogP contribution in [0, 0.1) is 13.8 Å². The monoisotopic (exact) mass is 240 g/mol. The van der Waals surface area contributed by atoms with Crippen molar-refractivity contribution in [1.82, 2.24) is 4.98 Å². The number of benzene rings is 1. The largest absolute Gasteiger partial charge is 0.324 e. The first-order valence-corrected chi connectivity index (χ1v) is 6.38. The highest BCUT2D eigenvalue weighted by Gasteiger charge is 2.09. The first-order valence-electron chi connectivity index (χ1n) is 6.38. The van der Waals surface area contributed by atoms with Crippen molar-refractivity contribution in [3.8, 4) is 0 Å². The number of pyridine rings is 1. The lowest BCUT2D eigenvalue weighted by molar-refractivity contribution is 0.646. The molecule has 0 radical (unpaired) electrons. The minimum absolute atomic E-state index is 0.102. The van der Waals surface area contributed by atoms with Gasteiger partial charge < -0.3 is 5.73 Å². The fraction of sp³-hybridized carbons (Fsp3) is 0.312. The molecule has 0 amide bonds. The van der Waals surface area contributed by atoms with Crippen LogP contribution in [-0.4, -0.2) is 4.98 Å². The average Bonchev–Trinajstić information content (AvgIpc) is 2.40. The van der Waals surface area contributed by atoms with Gasteiger partial charge in [0.15, 0.2) is 0 Å². The molecular formula is C16H20N2. The van der Waals surface area contributed by atoms with E-state index in [1.807, 2.05) is 12.3 Å². The van der Waals surface area contributed by atoms with Crippen LogP contribution in [0.15, 0.2) is 42.7 Å². The van der Waals surface area contributed by atoms with Gasteiger partial charge in [0.1, 0.15) is 0 Å². The molecular weight excluding hydrogens is 220 g/mol. The number of aryl methyl sites for hydroxylation is 3. The molecule has 2 heteroatoms. The first kappa shape index (κ1) is 12.8. The minimum Gasteiger partial charge on any atom is -0.324 e. The normalized spacial score (nSPS) is 12.4. The molecule has 18 heavy (non-hydrogen) atoms. The zero-order chi connectivity index (χ0) is 13.0. The van der Waals surface area contributed by atoms with Crippen molar-refractivity contribution in [2.45, 2.75) is 32.7 Å². The van der Waals surface area contributed by atoms with E-state index in [9.17, 15) is 0 Å². The molecule has 1 aromatic heterocycles. The second-order valence-electron chi connectivity index (χ2n) is 4.87. The van der Waals surface area contributed by atoms with E-state index in [2.05, 4.69) is 43.1 Å². The van der Waals surface area contributed by atoms with Crippen molar-refractivity contribution in [3.63, 3.8) is 0 Å². The van der Waals surface area contributed by atoms with E-state index in [1.54, 1.807) is 6.20 Å². The Morgan fingerprint density at radius 1 is 1.22 bits per heavy atom. The van der Waals surface area contributed by atoms with E-state index in [4.69, 9.17) is 5.73 Å². The summed E-state index contributed by atoms with van der Waals surface area (Å²) in [5.74, 6) is 0. The van der Waals surface area contributed by atoms with Gasteiger partial charge in [-0.15, -0.1) is 0 Å². The standard InChI is InChI=1S/C16H20N2/c1-12-5-6-13(2)15(10-12)16(17)8-7-14-4-3-9-18-11-14/h3-6,9-11,16H,7-8,17H2,1-2H3. The van der Waals surface area contributed by atoms with Gasteiger partial charge in [0, 0.05) is 18.4 Å². The molecule has 0 aliphatic heterocycles. The predicted octanol–water partition coefficient (Wildman–Crippen LogP) is 3.33. The van der Waals surface area contributed by atoms with Crippen molar-refractivity contribution >= 4 is 0 Å². The van der Waals surface area contributed by atoms with Crippen LogP contribution in [0.5, 0.6) is 0 Å². The molecule has 0 spiro atoms. The Hall–Kier alpha value is -1.67. The van der Waals surface area contributed by atoms with Gasteiger partial charge >= 0.3 is 0 Å². The molecule has 2 aromatic rings. The Balaban J connectivity index is 2.03. The van der Waals surface area contributed by atoms with E-state index >= 15 is 0 Å². The van der Waals surface area contributed by atoms with Crippen LogP contribution in [0.3, 0.4) is 0 Å². The van der Waals surface area contributed by atoms with Crippen molar-refractivity contribution < 1.29 is 0 Å². The molecule has 2 nitrogen and oxygen atoms in total. The van der Waals surface area contributed by atoms with Crippen molar-refractivity contribution in [2.75, 3.05) is 0 Å². The molecule has 0 saturated carbocycles. The minimum atomic E-state index is 0.102. The van der Waals surface area contributed by atoms with Crippen LogP contribution in [0.1, 0.15) is 34.7 Å². The van der Waals surface area contributed by atoms with Gasteiger partial charge in [-0.25, -0.2) is 0 Å². The van der Waals surface area contributed by atoms with Crippen LogP contribution in [0.25, 0.3) is 0 Å². The molecule has 1 aromatic carbocycles. The molecule has 0 aliphatic carbocycles. The highest BCUT2D eigenvalue weighted by molar-refractivity contribution is 5.32. The number of hydrogen-bond acceptors (Lipinski definition) is 2. The number of nitrogens with zero attached hydrogens (tertiary/aromatic N) is 1. The Morgan fingerprint density at radius 3 is 2.78 bits per heavy atom. The number of nitrogens with two attached hydrogens (primary N) is 1. The fourth-order valence-electron chi connectivity index (χ4n) is 2.18. The lowest BCUT2D eigenvalue weighted by Crippen LogP contribution is -2.13. The van der Waals surface area contributed by atoms with Gasteiger partial charge in [0.25, 0.3) is 0 Å². The number of aromatic nitrogens is 1. The van der Waals surface area contributed by atoms with E-state index in [0.717, 1.165) is 12.8 Å². The van der Waals surface area contributed by atoms with Crippen LogP contribution >= 0.6 is 0 Å². The van der Waals surface area contributed by atoms with E-state index in [-0.39, 0.29) is 6.04 Å². The quantitative estimate of drug-likeness (QED) is 0.890. The van der Waals surface area contributed by atoms with Crippen molar-refractivity contribution in [3.05, 3.63) is 65.0 Å². The van der Waals surface area contributed by atoms with Gasteiger partial charge in [0.05, 0.1) is 0 Å². The van der Waals surface area contributed by atoms with Gasteiger partial charge in [-0.1, -0.05) is 29.8 Å². The summed E-state index contributed by atoms with van der Waals surface area (Å²) in [5, 5.41) is 0. The molecule has 1 atom stereocenters.